The lowest BCUT2D eigenvalue weighted by molar-refractivity contribution is -0.385. The maximum absolute atomic E-state index is 12.1. The number of fused-ring (bicyclic) bond motifs is 1. The molecule has 0 saturated carbocycles. The molecule has 0 atom stereocenters. The summed E-state index contributed by atoms with van der Waals surface area (Å²) in [6, 6.07) is 16.5. The van der Waals surface area contributed by atoms with Crippen molar-refractivity contribution in [1.82, 2.24) is 5.16 Å². The maximum Gasteiger partial charge on any atom is 0.345 e. The third kappa shape index (κ3) is 3.28. The number of furan rings is 1. The lowest BCUT2D eigenvalue weighted by Gasteiger charge is -2.03. The third-order valence-corrected chi connectivity index (χ3v) is 3.90. The van der Waals surface area contributed by atoms with E-state index in [0.717, 1.165) is 5.39 Å². The third-order valence-electron chi connectivity index (χ3n) is 3.90. The SMILES string of the molecule is O=C(OCc1cc(-c2cc3ccccc3o2)on1)c1ccccc1[N+](=O)[O-]. The smallest absolute Gasteiger partial charge is 0.345 e. The first-order chi connectivity index (χ1) is 13.1. The van der Waals surface area contributed by atoms with Gasteiger partial charge in [0.25, 0.3) is 5.69 Å². The van der Waals surface area contributed by atoms with E-state index in [-0.39, 0.29) is 17.9 Å². The molecule has 134 valence electrons. The molecule has 4 aromatic rings. The number of nitrogens with zero attached hydrogens (tertiary/aromatic N) is 2. The van der Waals surface area contributed by atoms with Gasteiger partial charge in [-0.25, -0.2) is 4.79 Å². The van der Waals surface area contributed by atoms with Crippen LogP contribution in [-0.4, -0.2) is 16.0 Å². The molecule has 0 unspecified atom stereocenters. The number of nitro benzene ring substituents is 1. The molecule has 0 saturated heterocycles. The summed E-state index contributed by atoms with van der Waals surface area (Å²) in [5.41, 5.74) is 0.639. The first-order valence-electron chi connectivity index (χ1n) is 7.97. The molecule has 0 aliphatic heterocycles. The zero-order valence-electron chi connectivity index (χ0n) is 13.8. The summed E-state index contributed by atoms with van der Waals surface area (Å²) >= 11 is 0. The minimum absolute atomic E-state index is 0.122. The molecule has 0 aliphatic carbocycles. The molecule has 8 nitrogen and oxygen atoms in total. The Morgan fingerprint density at radius 1 is 1.07 bits per heavy atom. The van der Waals surface area contributed by atoms with Gasteiger partial charge in [-0.15, -0.1) is 0 Å². The highest BCUT2D eigenvalue weighted by Gasteiger charge is 2.21. The Balaban J connectivity index is 1.48. The van der Waals surface area contributed by atoms with E-state index in [1.165, 1.54) is 24.3 Å². The van der Waals surface area contributed by atoms with Gasteiger partial charge in [-0.2, -0.15) is 0 Å². The van der Waals surface area contributed by atoms with Gasteiger partial charge in [-0.1, -0.05) is 35.5 Å². The molecule has 0 amide bonds. The number of carbonyl (C=O) groups is 1. The van der Waals surface area contributed by atoms with Crippen LogP contribution in [0.15, 0.2) is 69.6 Å². The van der Waals surface area contributed by atoms with E-state index in [1.54, 1.807) is 6.07 Å². The highest BCUT2D eigenvalue weighted by Crippen LogP contribution is 2.28. The number of benzene rings is 2. The van der Waals surface area contributed by atoms with Gasteiger partial charge in [-0.3, -0.25) is 10.1 Å². The topological polar surface area (TPSA) is 109 Å². The van der Waals surface area contributed by atoms with Gasteiger partial charge < -0.3 is 13.7 Å². The van der Waals surface area contributed by atoms with E-state index in [2.05, 4.69) is 5.16 Å². The molecule has 0 aliphatic rings. The molecule has 0 fully saturated rings. The number of hydrogen-bond donors (Lipinski definition) is 0. The monoisotopic (exact) mass is 364 g/mol. The molecule has 0 N–H and O–H groups in total. The fraction of sp³-hybridized carbons (Fsp3) is 0.0526. The summed E-state index contributed by atoms with van der Waals surface area (Å²) in [6.45, 7) is -0.186. The Bertz CT molecular complexity index is 1110. The summed E-state index contributed by atoms with van der Waals surface area (Å²) < 4.78 is 16.0. The van der Waals surface area contributed by atoms with Crippen molar-refractivity contribution in [3.63, 3.8) is 0 Å². The molecule has 0 spiro atoms. The van der Waals surface area contributed by atoms with Crippen LogP contribution in [0.1, 0.15) is 16.1 Å². The summed E-state index contributed by atoms with van der Waals surface area (Å²) in [7, 11) is 0. The molecule has 0 radical (unpaired) electrons. The van der Waals surface area contributed by atoms with Crippen molar-refractivity contribution >= 4 is 22.6 Å². The zero-order valence-corrected chi connectivity index (χ0v) is 13.8. The van der Waals surface area contributed by atoms with Gasteiger partial charge in [-0.05, 0) is 18.2 Å². The molecule has 4 rings (SSSR count). The van der Waals surface area contributed by atoms with Crippen LogP contribution in [0.2, 0.25) is 0 Å². The molecule has 0 bridgehead atoms. The molecule has 2 heterocycles. The molecule has 27 heavy (non-hydrogen) atoms. The minimum Gasteiger partial charge on any atom is -0.455 e. The van der Waals surface area contributed by atoms with Gasteiger partial charge in [0.1, 0.15) is 23.4 Å². The normalized spacial score (nSPS) is 10.8. The number of rotatable bonds is 5. The Morgan fingerprint density at radius 3 is 2.67 bits per heavy atom. The lowest BCUT2D eigenvalue weighted by atomic mass is 10.2. The minimum atomic E-state index is -0.810. The largest absolute Gasteiger partial charge is 0.455 e. The number of hydrogen-bond acceptors (Lipinski definition) is 7. The number of esters is 1. The van der Waals surface area contributed by atoms with Gasteiger partial charge in [0.2, 0.25) is 5.76 Å². The lowest BCUT2D eigenvalue weighted by Crippen LogP contribution is -2.08. The van der Waals surface area contributed by atoms with Crippen LogP contribution < -0.4 is 0 Å². The van der Waals surface area contributed by atoms with Crippen LogP contribution in [0.5, 0.6) is 0 Å². The molecular formula is C19H12N2O6. The Labute approximate surface area is 152 Å². The van der Waals surface area contributed by atoms with Crippen LogP contribution >= 0.6 is 0 Å². The first-order valence-corrected chi connectivity index (χ1v) is 7.97. The summed E-state index contributed by atoms with van der Waals surface area (Å²) in [5, 5.41) is 15.8. The van der Waals surface area contributed by atoms with E-state index >= 15 is 0 Å². The summed E-state index contributed by atoms with van der Waals surface area (Å²) in [6.07, 6.45) is 0. The van der Waals surface area contributed by atoms with Crippen molar-refractivity contribution in [3.05, 3.63) is 82.0 Å². The average molecular weight is 364 g/mol. The van der Waals surface area contributed by atoms with Crippen LogP contribution in [0.25, 0.3) is 22.5 Å². The van der Waals surface area contributed by atoms with Gasteiger partial charge >= 0.3 is 5.97 Å². The average Bonchev–Trinajstić information content (AvgIpc) is 3.32. The van der Waals surface area contributed by atoms with E-state index in [4.69, 9.17) is 13.7 Å². The predicted molar refractivity (Wildman–Crippen MR) is 93.9 cm³/mol. The van der Waals surface area contributed by atoms with Gasteiger partial charge in [0.05, 0.1) is 4.92 Å². The fourth-order valence-corrected chi connectivity index (χ4v) is 2.62. The Kier molecular flexibility index (Phi) is 4.13. The second-order valence-electron chi connectivity index (χ2n) is 5.68. The second-order valence-corrected chi connectivity index (χ2v) is 5.68. The van der Waals surface area contributed by atoms with Crippen LogP contribution in [0.4, 0.5) is 5.69 Å². The van der Waals surface area contributed by atoms with Gasteiger partial charge in [0, 0.05) is 17.5 Å². The standard InChI is InChI=1S/C19H12N2O6/c22-19(14-6-2-3-7-15(14)21(23)24)25-11-13-10-18(27-20-13)17-9-12-5-1-4-8-16(12)26-17/h1-10H,11H2. The van der Waals surface area contributed by atoms with Crippen LogP contribution in [0, 0.1) is 10.1 Å². The van der Waals surface area contributed by atoms with Gasteiger partial charge in [0.15, 0.2) is 5.76 Å². The van der Waals surface area contributed by atoms with Crippen molar-refractivity contribution in [3.8, 4) is 11.5 Å². The van der Waals surface area contributed by atoms with Crippen LogP contribution in [0.3, 0.4) is 0 Å². The van der Waals surface area contributed by atoms with Crippen molar-refractivity contribution < 1.29 is 23.4 Å². The summed E-state index contributed by atoms with van der Waals surface area (Å²) in [4.78, 5) is 22.5. The van der Waals surface area contributed by atoms with Crippen LogP contribution in [-0.2, 0) is 11.3 Å². The van der Waals surface area contributed by atoms with E-state index in [9.17, 15) is 14.9 Å². The Hall–Kier alpha value is -3.94. The van der Waals surface area contributed by atoms with Crippen molar-refractivity contribution in [2.75, 3.05) is 0 Å². The first kappa shape index (κ1) is 16.5. The maximum atomic E-state index is 12.1. The number of carbonyl (C=O) groups excluding carboxylic acids is 1. The van der Waals surface area contributed by atoms with Crippen molar-refractivity contribution in [2.45, 2.75) is 6.61 Å². The highest BCUT2D eigenvalue weighted by atomic mass is 16.6. The predicted octanol–water partition coefficient (Wildman–Crippen LogP) is 4.35. The van der Waals surface area contributed by atoms with E-state index in [0.29, 0.717) is 22.8 Å². The fourth-order valence-electron chi connectivity index (χ4n) is 2.62. The second kappa shape index (κ2) is 6.75. The summed E-state index contributed by atoms with van der Waals surface area (Å²) in [5.74, 6) is 0.0819. The van der Waals surface area contributed by atoms with E-state index < -0.39 is 10.9 Å². The molecular weight excluding hydrogens is 352 g/mol. The zero-order chi connectivity index (χ0) is 18.8. The Morgan fingerprint density at radius 2 is 1.85 bits per heavy atom. The molecule has 2 aromatic heterocycles. The van der Waals surface area contributed by atoms with Crippen molar-refractivity contribution in [1.29, 1.82) is 0 Å². The molecule has 8 heteroatoms. The number of aromatic nitrogens is 1. The van der Waals surface area contributed by atoms with E-state index in [1.807, 2.05) is 30.3 Å². The number of nitro groups is 1. The highest BCUT2D eigenvalue weighted by molar-refractivity contribution is 5.93. The number of ether oxygens (including phenoxy) is 1. The van der Waals surface area contributed by atoms with Crippen molar-refractivity contribution in [2.24, 2.45) is 0 Å². The molecule has 2 aromatic carbocycles. The number of para-hydroxylation sites is 2. The quantitative estimate of drug-likeness (QED) is 0.294.